The van der Waals surface area contributed by atoms with Crippen LogP contribution in [0.25, 0.3) is 6.08 Å². The molecular formula is C13H17N. The predicted molar refractivity (Wildman–Crippen MR) is 61.3 cm³/mol. The topological polar surface area (TPSA) is 12.0 Å². The van der Waals surface area contributed by atoms with Crippen LogP contribution in [0.15, 0.2) is 24.8 Å². The molecule has 1 aromatic carbocycles. The normalized spacial score (nSPS) is 19.4. The second-order valence-corrected chi connectivity index (χ2v) is 3.81. The first-order valence-corrected chi connectivity index (χ1v) is 5.33. The predicted octanol–water partition coefficient (Wildman–Crippen LogP) is 2.93. The number of benzene rings is 1. The van der Waals surface area contributed by atoms with Gasteiger partial charge in [-0.15, -0.1) is 0 Å². The van der Waals surface area contributed by atoms with Gasteiger partial charge in [-0.1, -0.05) is 31.7 Å². The number of hydrogen-bond donors (Lipinski definition) is 1. The highest BCUT2D eigenvalue weighted by Gasteiger charge is 2.20. The SMILES string of the molecule is C=Cc1ccc2c(c1)C(NCC)CC2. The van der Waals surface area contributed by atoms with E-state index in [1.54, 1.807) is 0 Å². The van der Waals surface area contributed by atoms with Crippen LogP contribution in [-0.2, 0) is 6.42 Å². The smallest absolute Gasteiger partial charge is 0.0326 e. The Morgan fingerprint density at radius 3 is 3.14 bits per heavy atom. The molecule has 1 unspecified atom stereocenters. The van der Waals surface area contributed by atoms with Crippen molar-refractivity contribution in [3.63, 3.8) is 0 Å². The van der Waals surface area contributed by atoms with Gasteiger partial charge in [0.25, 0.3) is 0 Å². The van der Waals surface area contributed by atoms with Crippen molar-refractivity contribution in [3.8, 4) is 0 Å². The molecule has 0 aliphatic heterocycles. The van der Waals surface area contributed by atoms with Crippen molar-refractivity contribution in [2.75, 3.05) is 6.54 Å². The molecule has 1 aliphatic carbocycles. The van der Waals surface area contributed by atoms with E-state index in [0.717, 1.165) is 6.54 Å². The second-order valence-electron chi connectivity index (χ2n) is 3.81. The lowest BCUT2D eigenvalue weighted by molar-refractivity contribution is 0.549. The highest BCUT2D eigenvalue weighted by Crippen LogP contribution is 2.31. The fourth-order valence-corrected chi connectivity index (χ4v) is 2.21. The highest BCUT2D eigenvalue weighted by molar-refractivity contribution is 5.51. The summed E-state index contributed by atoms with van der Waals surface area (Å²) in [6.07, 6.45) is 4.37. The Balaban J connectivity index is 2.32. The first kappa shape index (κ1) is 9.47. The molecule has 1 nitrogen and oxygen atoms in total. The summed E-state index contributed by atoms with van der Waals surface area (Å²) in [4.78, 5) is 0. The van der Waals surface area contributed by atoms with Crippen LogP contribution >= 0.6 is 0 Å². The Kier molecular flexibility index (Phi) is 2.69. The highest BCUT2D eigenvalue weighted by atomic mass is 14.9. The molecule has 0 fully saturated rings. The first-order chi connectivity index (χ1) is 6.85. The van der Waals surface area contributed by atoms with Crippen LogP contribution in [-0.4, -0.2) is 6.54 Å². The summed E-state index contributed by atoms with van der Waals surface area (Å²) in [5.74, 6) is 0. The minimum absolute atomic E-state index is 0.565. The third-order valence-corrected chi connectivity index (χ3v) is 2.93. The van der Waals surface area contributed by atoms with Gasteiger partial charge in [0.15, 0.2) is 0 Å². The molecule has 0 radical (unpaired) electrons. The zero-order valence-electron chi connectivity index (χ0n) is 8.72. The number of nitrogens with one attached hydrogen (secondary N) is 1. The standard InChI is InChI=1S/C13H17N/c1-3-10-5-6-11-7-8-13(14-4-2)12(11)9-10/h3,5-6,9,13-14H,1,4,7-8H2,2H3. The first-order valence-electron chi connectivity index (χ1n) is 5.33. The molecule has 0 saturated carbocycles. The van der Waals surface area contributed by atoms with Gasteiger partial charge in [0.1, 0.15) is 0 Å². The maximum absolute atomic E-state index is 3.81. The summed E-state index contributed by atoms with van der Waals surface area (Å²) < 4.78 is 0. The minimum Gasteiger partial charge on any atom is -0.310 e. The Morgan fingerprint density at radius 1 is 1.57 bits per heavy atom. The molecular weight excluding hydrogens is 170 g/mol. The number of fused-ring (bicyclic) bond motifs is 1. The molecule has 1 aromatic rings. The zero-order valence-corrected chi connectivity index (χ0v) is 8.72. The van der Waals surface area contributed by atoms with Gasteiger partial charge in [0.05, 0.1) is 0 Å². The number of aryl methyl sites for hydroxylation is 1. The van der Waals surface area contributed by atoms with E-state index in [9.17, 15) is 0 Å². The van der Waals surface area contributed by atoms with Crippen molar-refractivity contribution in [1.29, 1.82) is 0 Å². The summed E-state index contributed by atoms with van der Waals surface area (Å²) >= 11 is 0. The largest absolute Gasteiger partial charge is 0.310 e. The molecule has 1 aliphatic rings. The molecule has 2 rings (SSSR count). The summed E-state index contributed by atoms with van der Waals surface area (Å²) in [5.41, 5.74) is 4.21. The number of hydrogen-bond acceptors (Lipinski definition) is 1. The molecule has 0 saturated heterocycles. The van der Waals surface area contributed by atoms with Crippen molar-refractivity contribution < 1.29 is 0 Å². The van der Waals surface area contributed by atoms with Crippen LogP contribution in [0.1, 0.15) is 36.1 Å². The third kappa shape index (κ3) is 1.60. The van der Waals surface area contributed by atoms with Gasteiger partial charge in [-0.25, -0.2) is 0 Å². The maximum atomic E-state index is 3.81. The second kappa shape index (κ2) is 3.97. The van der Waals surface area contributed by atoms with E-state index in [-0.39, 0.29) is 0 Å². The summed E-state index contributed by atoms with van der Waals surface area (Å²) in [6, 6.07) is 7.22. The van der Waals surface area contributed by atoms with E-state index >= 15 is 0 Å². The Morgan fingerprint density at radius 2 is 2.43 bits per heavy atom. The minimum atomic E-state index is 0.565. The monoisotopic (exact) mass is 187 g/mol. The zero-order chi connectivity index (χ0) is 9.97. The fraction of sp³-hybridized carbons (Fsp3) is 0.385. The molecule has 74 valence electrons. The average Bonchev–Trinajstić information content (AvgIpc) is 2.61. The van der Waals surface area contributed by atoms with Crippen LogP contribution in [0.2, 0.25) is 0 Å². The van der Waals surface area contributed by atoms with Crippen molar-refractivity contribution in [2.24, 2.45) is 0 Å². The van der Waals surface area contributed by atoms with E-state index in [1.807, 2.05) is 6.08 Å². The fourth-order valence-electron chi connectivity index (χ4n) is 2.21. The van der Waals surface area contributed by atoms with Gasteiger partial charge in [0, 0.05) is 6.04 Å². The lowest BCUT2D eigenvalue weighted by atomic mass is 10.0. The molecule has 0 amide bonds. The van der Waals surface area contributed by atoms with Crippen molar-refractivity contribution in [2.45, 2.75) is 25.8 Å². The van der Waals surface area contributed by atoms with Gasteiger partial charge in [-0.3, -0.25) is 0 Å². The van der Waals surface area contributed by atoms with Gasteiger partial charge in [0.2, 0.25) is 0 Å². The lowest BCUT2D eigenvalue weighted by Crippen LogP contribution is -2.18. The van der Waals surface area contributed by atoms with E-state index in [1.165, 1.54) is 29.5 Å². The molecule has 0 bridgehead atoms. The Bertz CT molecular complexity index is 339. The van der Waals surface area contributed by atoms with Gasteiger partial charge >= 0.3 is 0 Å². The Hall–Kier alpha value is -1.08. The molecule has 0 spiro atoms. The van der Waals surface area contributed by atoms with E-state index < -0.39 is 0 Å². The molecule has 1 atom stereocenters. The van der Waals surface area contributed by atoms with Crippen LogP contribution < -0.4 is 5.32 Å². The van der Waals surface area contributed by atoms with Crippen LogP contribution in [0.4, 0.5) is 0 Å². The quantitative estimate of drug-likeness (QED) is 0.767. The maximum Gasteiger partial charge on any atom is 0.0326 e. The summed E-state index contributed by atoms with van der Waals surface area (Å²) in [5, 5.41) is 3.52. The van der Waals surface area contributed by atoms with Crippen molar-refractivity contribution in [3.05, 3.63) is 41.5 Å². The average molecular weight is 187 g/mol. The van der Waals surface area contributed by atoms with Crippen molar-refractivity contribution in [1.82, 2.24) is 5.32 Å². The summed E-state index contributed by atoms with van der Waals surface area (Å²) in [7, 11) is 0. The third-order valence-electron chi connectivity index (χ3n) is 2.93. The van der Waals surface area contributed by atoms with Crippen LogP contribution in [0, 0.1) is 0 Å². The van der Waals surface area contributed by atoms with Gasteiger partial charge in [-0.2, -0.15) is 0 Å². The Labute approximate surface area is 85.8 Å². The van der Waals surface area contributed by atoms with Gasteiger partial charge in [-0.05, 0) is 42.1 Å². The molecule has 14 heavy (non-hydrogen) atoms. The number of rotatable bonds is 3. The summed E-state index contributed by atoms with van der Waals surface area (Å²) in [6.45, 7) is 7.01. The molecule has 1 N–H and O–H groups in total. The van der Waals surface area contributed by atoms with Gasteiger partial charge < -0.3 is 5.32 Å². The molecule has 0 aromatic heterocycles. The van der Waals surface area contributed by atoms with Crippen LogP contribution in [0.3, 0.4) is 0 Å². The lowest BCUT2D eigenvalue weighted by Gasteiger charge is -2.12. The van der Waals surface area contributed by atoms with Crippen molar-refractivity contribution >= 4 is 6.08 Å². The molecule has 0 heterocycles. The van der Waals surface area contributed by atoms with Crippen LogP contribution in [0.5, 0.6) is 0 Å². The van der Waals surface area contributed by atoms with E-state index in [2.05, 4.69) is 37.0 Å². The molecule has 1 heteroatoms. The van der Waals surface area contributed by atoms with E-state index in [0.29, 0.717) is 6.04 Å². The van der Waals surface area contributed by atoms with E-state index in [4.69, 9.17) is 0 Å².